The smallest absolute Gasteiger partial charge is 0.0884 e. The van der Waals surface area contributed by atoms with E-state index < -0.39 is 5.97 Å². The molecule has 0 aliphatic heterocycles. The van der Waals surface area contributed by atoms with Gasteiger partial charge in [0.25, 0.3) is 0 Å². The summed E-state index contributed by atoms with van der Waals surface area (Å²) in [6, 6.07) is 20.9. The number of hydrogen-bond donors (Lipinski definition) is 1. The molecule has 20 heavy (non-hydrogen) atoms. The van der Waals surface area contributed by atoms with Gasteiger partial charge in [0.15, 0.2) is 0 Å². The lowest BCUT2D eigenvalue weighted by Gasteiger charge is -2.04. The molecule has 0 saturated heterocycles. The average Bonchev–Trinajstić information content (AvgIpc) is 2.94. The number of carboxylic acid groups (broad SMARTS) is 1. The van der Waals surface area contributed by atoms with E-state index in [1.807, 2.05) is 66.7 Å². The zero-order valence-corrected chi connectivity index (χ0v) is 10.7. The average molecular weight is 262 g/mol. The van der Waals surface area contributed by atoms with Gasteiger partial charge in [0.05, 0.1) is 11.7 Å². The Morgan fingerprint density at radius 1 is 0.850 bits per heavy atom. The Kier molecular flexibility index (Phi) is 3.09. The van der Waals surface area contributed by atoms with Gasteiger partial charge in [-0.3, -0.25) is 0 Å². The van der Waals surface area contributed by atoms with Crippen molar-refractivity contribution in [2.45, 2.75) is 0 Å². The summed E-state index contributed by atoms with van der Waals surface area (Å²) in [6.07, 6.45) is 0. The maximum atomic E-state index is 11.3. The highest BCUT2D eigenvalue weighted by Crippen LogP contribution is 2.29. The van der Waals surface area contributed by atoms with Gasteiger partial charge in [-0.25, -0.2) is 0 Å². The molecule has 2 aromatic carbocycles. The third-order valence-electron chi connectivity index (χ3n) is 3.19. The van der Waals surface area contributed by atoms with Crippen molar-refractivity contribution in [1.82, 2.24) is 4.98 Å². The van der Waals surface area contributed by atoms with E-state index >= 15 is 0 Å². The van der Waals surface area contributed by atoms with Gasteiger partial charge in [-0.15, -0.1) is 0 Å². The number of hydrogen-bond acceptors (Lipinski definition) is 2. The summed E-state index contributed by atoms with van der Waals surface area (Å²) in [5.74, 6) is -1.20. The van der Waals surface area contributed by atoms with Gasteiger partial charge in [-0.2, -0.15) is 0 Å². The van der Waals surface area contributed by atoms with Gasteiger partial charge in [0, 0.05) is 11.3 Å². The van der Waals surface area contributed by atoms with Crippen molar-refractivity contribution in [3.8, 4) is 22.4 Å². The highest BCUT2D eigenvalue weighted by Gasteiger charge is 2.11. The molecule has 0 fully saturated rings. The molecular formula is C17H12NO2-. The summed E-state index contributed by atoms with van der Waals surface area (Å²) in [5.41, 5.74) is 3.31. The normalized spacial score (nSPS) is 10.4. The number of carboxylic acids is 1. The van der Waals surface area contributed by atoms with Crippen LogP contribution in [0, 0.1) is 0 Å². The van der Waals surface area contributed by atoms with Crippen LogP contribution in [-0.4, -0.2) is 11.0 Å². The van der Waals surface area contributed by atoms with Gasteiger partial charge in [-0.1, -0.05) is 60.7 Å². The molecule has 3 aromatic rings. The van der Waals surface area contributed by atoms with Crippen LogP contribution in [-0.2, 0) is 0 Å². The lowest BCUT2D eigenvalue weighted by atomic mass is 10.0. The predicted octanol–water partition coefficient (Wildman–Crippen LogP) is 2.71. The second-order valence-corrected chi connectivity index (χ2v) is 4.49. The fraction of sp³-hybridized carbons (Fsp3) is 0. The van der Waals surface area contributed by atoms with Crippen molar-refractivity contribution >= 4 is 5.97 Å². The van der Waals surface area contributed by atoms with Crippen LogP contribution in [0.4, 0.5) is 0 Å². The molecule has 0 radical (unpaired) electrons. The van der Waals surface area contributed by atoms with Crippen molar-refractivity contribution in [3.63, 3.8) is 0 Å². The standard InChI is InChI=1S/C17H13NO2/c19-17(20)16-14(12-7-3-1-4-8-12)11-15(18-16)13-9-5-2-6-10-13/h1-11,18H,(H,19,20)/p-1. The molecule has 0 amide bonds. The lowest BCUT2D eigenvalue weighted by Crippen LogP contribution is -2.23. The first kappa shape index (κ1) is 12.2. The van der Waals surface area contributed by atoms with E-state index in [0.29, 0.717) is 5.56 Å². The summed E-state index contributed by atoms with van der Waals surface area (Å²) in [6.45, 7) is 0. The van der Waals surface area contributed by atoms with Crippen LogP contribution in [0.2, 0.25) is 0 Å². The largest absolute Gasteiger partial charge is 0.543 e. The number of carbonyl (C=O) groups is 1. The van der Waals surface area contributed by atoms with Gasteiger partial charge in [0.1, 0.15) is 0 Å². The summed E-state index contributed by atoms with van der Waals surface area (Å²) < 4.78 is 0. The molecule has 3 heteroatoms. The first-order valence-corrected chi connectivity index (χ1v) is 6.31. The van der Waals surface area contributed by atoms with Crippen LogP contribution in [0.1, 0.15) is 10.5 Å². The summed E-state index contributed by atoms with van der Waals surface area (Å²) in [5, 5.41) is 11.3. The van der Waals surface area contributed by atoms with E-state index in [9.17, 15) is 9.90 Å². The molecule has 98 valence electrons. The summed E-state index contributed by atoms with van der Waals surface area (Å²) >= 11 is 0. The number of nitrogens with one attached hydrogen (secondary N) is 1. The Labute approximate surface area is 116 Å². The van der Waals surface area contributed by atoms with E-state index in [4.69, 9.17) is 0 Å². The fourth-order valence-electron chi connectivity index (χ4n) is 2.23. The van der Waals surface area contributed by atoms with Crippen LogP contribution >= 0.6 is 0 Å². The Bertz CT molecular complexity index is 730. The van der Waals surface area contributed by atoms with Crippen molar-refractivity contribution in [2.75, 3.05) is 0 Å². The summed E-state index contributed by atoms with van der Waals surface area (Å²) in [4.78, 5) is 14.2. The maximum Gasteiger partial charge on any atom is 0.0884 e. The molecule has 0 unspecified atom stereocenters. The van der Waals surface area contributed by atoms with Crippen LogP contribution in [0.15, 0.2) is 66.7 Å². The topological polar surface area (TPSA) is 55.9 Å². The van der Waals surface area contributed by atoms with Crippen LogP contribution in [0.5, 0.6) is 0 Å². The zero-order chi connectivity index (χ0) is 13.9. The Balaban J connectivity index is 2.15. The quantitative estimate of drug-likeness (QED) is 0.789. The summed E-state index contributed by atoms with van der Waals surface area (Å²) in [7, 11) is 0. The van der Waals surface area contributed by atoms with E-state index in [1.54, 1.807) is 0 Å². The van der Waals surface area contributed by atoms with Crippen molar-refractivity contribution in [3.05, 3.63) is 72.4 Å². The molecule has 0 aliphatic carbocycles. The first-order chi connectivity index (χ1) is 9.75. The first-order valence-electron chi connectivity index (χ1n) is 6.31. The zero-order valence-electron chi connectivity index (χ0n) is 10.7. The van der Waals surface area contributed by atoms with Crippen molar-refractivity contribution in [2.24, 2.45) is 0 Å². The number of aromatic amines is 1. The maximum absolute atomic E-state index is 11.3. The molecule has 1 N–H and O–H groups in total. The van der Waals surface area contributed by atoms with Crippen LogP contribution in [0.3, 0.4) is 0 Å². The van der Waals surface area contributed by atoms with Gasteiger partial charge in [-0.05, 0) is 17.2 Å². The van der Waals surface area contributed by atoms with E-state index in [0.717, 1.165) is 16.8 Å². The molecule has 1 aromatic heterocycles. The highest BCUT2D eigenvalue weighted by molar-refractivity contribution is 5.95. The SMILES string of the molecule is O=C([O-])c1[nH]c(-c2ccccc2)cc1-c1ccccc1. The van der Waals surface area contributed by atoms with Crippen LogP contribution < -0.4 is 5.11 Å². The van der Waals surface area contributed by atoms with Gasteiger partial charge < -0.3 is 14.9 Å². The van der Waals surface area contributed by atoms with E-state index in [-0.39, 0.29) is 5.69 Å². The fourth-order valence-corrected chi connectivity index (χ4v) is 2.23. The number of aromatic nitrogens is 1. The Hall–Kier alpha value is -2.81. The molecule has 0 aliphatic rings. The molecule has 0 spiro atoms. The Morgan fingerprint density at radius 3 is 1.95 bits per heavy atom. The predicted molar refractivity (Wildman–Crippen MR) is 76.0 cm³/mol. The van der Waals surface area contributed by atoms with Crippen molar-refractivity contribution < 1.29 is 9.90 Å². The molecule has 0 bridgehead atoms. The second-order valence-electron chi connectivity index (χ2n) is 4.49. The van der Waals surface area contributed by atoms with Gasteiger partial charge in [0.2, 0.25) is 0 Å². The minimum absolute atomic E-state index is 0.107. The molecular weight excluding hydrogens is 250 g/mol. The molecule has 0 atom stereocenters. The number of aromatic carboxylic acids is 1. The minimum atomic E-state index is -1.20. The highest BCUT2D eigenvalue weighted by atomic mass is 16.4. The third-order valence-corrected chi connectivity index (χ3v) is 3.19. The monoisotopic (exact) mass is 262 g/mol. The molecule has 1 heterocycles. The number of benzene rings is 2. The Morgan fingerprint density at radius 2 is 1.40 bits per heavy atom. The van der Waals surface area contributed by atoms with Gasteiger partial charge >= 0.3 is 0 Å². The number of carbonyl (C=O) groups excluding carboxylic acids is 1. The number of H-pyrrole nitrogens is 1. The second kappa shape index (κ2) is 5.05. The molecule has 0 saturated carbocycles. The molecule has 3 nitrogen and oxygen atoms in total. The third kappa shape index (κ3) is 2.21. The number of rotatable bonds is 3. The van der Waals surface area contributed by atoms with Crippen molar-refractivity contribution in [1.29, 1.82) is 0 Å². The lowest BCUT2D eigenvalue weighted by molar-refractivity contribution is -0.255. The van der Waals surface area contributed by atoms with Crippen LogP contribution in [0.25, 0.3) is 22.4 Å². The molecule has 3 rings (SSSR count). The minimum Gasteiger partial charge on any atom is -0.543 e. The van der Waals surface area contributed by atoms with E-state index in [2.05, 4.69) is 4.98 Å². The van der Waals surface area contributed by atoms with E-state index in [1.165, 1.54) is 0 Å².